The predicted octanol–water partition coefficient (Wildman–Crippen LogP) is 5.01. The topological polar surface area (TPSA) is 8.17 Å². The van der Waals surface area contributed by atoms with Crippen molar-refractivity contribution in [3.8, 4) is 0 Å². The Morgan fingerprint density at radius 2 is 1.61 bits per heavy atom. The number of hydrogen-bond acceptors (Lipinski definition) is 1. The molecular weight excluding hydrogens is 280 g/mol. The van der Waals surface area contributed by atoms with Crippen LogP contribution >= 0.6 is 0 Å². The summed E-state index contributed by atoms with van der Waals surface area (Å²) in [5.41, 5.74) is 4.19. The molecule has 0 radical (unpaired) electrons. The number of likely N-dealkylation sites (tertiary alicyclic amines) is 1. The van der Waals surface area contributed by atoms with Gasteiger partial charge in [0.05, 0.1) is 0 Å². The minimum Gasteiger partial charge on any atom is -0.339 e. The van der Waals surface area contributed by atoms with E-state index < -0.39 is 0 Å². The smallest absolute Gasteiger partial charge is 0.0492 e. The maximum absolute atomic E-state index is 2.60. The molecule has 2 heteroatoms. The number of para-hydroxylation sites is 1. The number of benzene rings is 2. The van der Waals surface area contributed by atoms with Crippen LogP contribution in [0.1, 0.15) is 38.2 Å². The molecule has 0 atom stereocenters. The normalized spacial score (nSPS) is 16.1. The molecule has 0 unspecified atom stereocenters. The minimum absolute atomic E-state index is 0.575. The van der Waals surface area contributed by atoms with Gasteiger partial charge in [0.2, 0.25) is 0 Å². The molecule has 1 saturated heterocycles. The van der Waals surface area contributed by atoms with Gasteiger partial charge >= 0.3 is 0 Å². The molecule has 2 nitrogen and oxygen atoms in total. The van der Waals surface area contributed by atoms with Crippen LogP contribution in [-0.2, 0) is 6.54 Å². The van der Waals surface area contributed by atoms with Crippen molar-refractivity contribution in [3.05, 3.63) is 48.0 Å². The van der Waals surface area contributed by atoms with E-state index in [9.17, 15) is 0 Å². The van der Waals surface area contributed by atoms with Gasteiger partial charge in [-0.25, -0.2) is 0 Å². The Balaban J connectivity index is 1.80. The molecule has 1 aliphatic rings. The van der Waals surface area contributed by atoms with Crippen LogP contribution in [0.25, 0.3) is 21.8 Å². The molecule has 0 saturated carbocycles. The van der Waals surface area contributed by atoms with Crippen LogP contribution in [0.15, 0.2) is 42.5 Å². The maximum Gasteiger partial charge on any atom is 0.0492 e. The van der Waals surface area contributed by atoms with Gasteiger partial charge in [-0.2, -0.15) is 0 Å². The second-order valence-corrected chi connectivity index (χ2v) is 7.15. The lowest BCUT2D eigenvalue weighted by Gasteiger charge is -2.16. The number of fused-ring (bicyclic) bond motifs is 3. The van der Waals surface area contributed by atoms with Crippen molar-refractivity contribution in [2.75, 3.05) is 19.6 Å². The largest absolute Gasteiger partial charge is 0.339 e. The highest BCUT2D eigenvalue weighted by Gasteiger charge is 2.15. The summed E-state index contributed by atoms with van der Waals surface area (Å²) in [7, 11) is 0. The van der Waals surface area contributed by atoms with Crippen molar-refractivity contribution in [2.45, 2.75) is 39.2 Å². The SMILES string of the molecule is CC(C)c1ccc2c(c1)c1ccccc1n2CCN1CCCC1. The summed E-state index contributed by atoms with van der Waals surface area (Å²) in [6.45, 7) is 9.34. The average Bonchev–Trinajstić information content (AvgIpc) is 3.18. The molecule has 2 heterocycles. The third-order valence-corrected chi connectivity index (χ3v) is 5.30. The summed E-state index contributed by atoms with van der Waals surface area (Å²) in [6.07, 6.45) is 2.73. The molecule has 4 rings (SSSR count). The lowest BCUT2D eigenvalue weighted by atomic mass is 10.0. The predicted molar refractivity (Wildman–Crippen MR) is 99.2 cm³/mol. The van der Waals surface area contributed by atoms with Crippen molar-refractivity contribution in [1.29, 1.82) is 0 Å². The van der Waals surface area contributed by atoms with E-state index in [-0.39, 0.29) is 0 Å². The van der Waals surface area contributed by atoms with Gasteiger partial charge in [-0.05, 0) is 55.6 Å². The molecule has 0 amide bonds. The van der Waals surface area contributed by atoms with Crippen LogP contribution in [0.2, 0.25) is 0 Å². The first-order valence-corrected chi connectivity index (χ1v) is 8.97. The second-order valence-electron chi connectivity index (χ2n) is 7.15. The van der Waals surface area contributed by atoms with E-state index in [1.165, 1.54) is 59.8 Å². The highest BCUT2D eigenvalue weighted by atomic mass is 15.2. The first-order valence-electron chi connectivity index (χ1n) is 8.97. The van der Waals surface area contributed by atoms with Crippen LogP contribution in [-0.4, -0.2) is 29.1 Å². The molecular formula is C21H26N2. The minimum atomic E-state index is 0.575. The Labute approximate surface area is 138 Å². The van der Waals surface area contributed by atoms with Gasteiger partial charge in [0.25, 0.3) is 0 Å². The third-order valence-electron chi connectivity index (χ3n) is 5.30. The van der Waals surface area contributed by atoms with Crippen molar-refractivity contribution in [1.82, 2.24) is 9.47 Å². The summed E-state index contributed by atoms with van der Waals surface area (Å²) in [5, 5.41) is 2.81. The summed E-state index contributed by atoms with van der Waals surface area (Å²) in [4.78, 5) is 2.60. The first kappa shape index (κ1) is 14.8. The molecule has 23 heavy (non-hydrogen) atoms. The van der Waals surface area contributed by atoms with Gasteiger partial charge in [0, 0.05) is 34.9 Å². The zero-order valence-corrected chi connectivity index (χ0v) is 14.3. The van der Waals surface area contributed by atoms with E-state index >= 15 is 0 Å². The van der Waals surface area contributed by atoms with Gasteiger partial charge in [0.1, 0.15) is 0 Å². The maximum atomic E-state index is 2.60. The van der Waals surface area contributed by atoms with Crippen molar-refractivity contribution < 1.29 is 0 Å². The standard InChI is InChI=1S/C21H26N2/c1-16(2)17-9-10-21-19(15-17)18-7-3-4-8-20(18)23(21)14-13-22-11-5-6-12-22/h3-4,7-10,15-16H,5-6,11-14H2,1-2H3. The van der Waals surface area contributed by atoms with E-state index in [0.717, 1.165) is 6.54 Å². The highest BCUT2D eigenvalue weighted by Crippen LogP contribution is 2.31. The van der Waals surface area contributed by atoms with Gasteiger partial charge in [-0.3, -0.25) is 0 Å². The van der Waals surface area contributed by atoms with Crippen molar-refractivity contribution in [2.24, 2.45) is 0 Å². The van der Waals surface area contributed by atoms with Gasteiger partial charge in [-0.15, -0.1) is 0 Å². The molecule has 1 aromatic heterocycles. The summed E-state index contributed by atoms with van der Waals surface area (Å²) in [5.74, 6) is 0.575. The van der Waals surface area contributed by atoms with Gasteiger partial charge in [0.15, 0.2) is 0 Å². The van der Waals surface area contributed by atoms with Crippen LogP contribution in [0.5, 0.6) is 0 Å². The number of hydrogen-bond donors (Lipinski definition) is 0. The molecule has 0 aliphatic carbocycles. The van der Waals surface area contributed by atoms with Crippen LogP contribution in [0.3, 0.4) is 0 Å². The fraction of sp³-hybridized carbons (Fsp3) is 0.429. The van der Waals surface area contributed by atoms with E-state index in [0.29, 0.717) is 5.92 Å². The molecule has 1 fully saturated rings. The Morgan fingerprint density at radius 1 is 0.870 bits per heavy atom. The van der Waals surface area contributed by atoms with Gasteiger partial charge in [-0.1, -0.05) is 38.1 Å². The van der Waals surface area contributed by atoms with E-state index in [2.05, 4.69) is 65.8 Å². The molecule has 0 spiro atoms. The van der Waals surface area contributed by atoms with Crippen molar-refractivity contribution in [3.63, 3.8) is 0 Å². The Morgan fingerprint density at radius 3 is 2.39 bits per heavy atom. The molecule has 1 aliphatic heterocycles. The fourth-order valence-electron chi connectivity index (χ4n) is 3.92. The highest BCUT2D eigenvalue weighted by molar-refractivity contribution is 6.08. The summed E-state index contributed by atoms with van der Waals surface area (Å²) in [6, 6.07) is 15.9. The van der Waals surface area contributed by atoms with E-state index in [1.807, 2.05) is 0 Å². The van der Waals surface area contributed by atoms with E-state index in [4.69, 9.17) is 0 Å². The van der Waals surface area contributed by atoms with Crippen LogP contribution in [0, 0.1) is 0 Å². The quantitative estimate of drug-likeness (QED) is 0.657. The number of rotatable bonds is 4. The summed E-state index contributed by atoms with van der Waals surface area (Å²) >= 11 is 0. The third kappa shape index (κ3) is 2.66. The molecule has 3 aromatic rings. The zero-order valence-electron chi connectivity index (χ0n) is 14.3. The number of aromatic nitrogens is 1. The summed E-state index contributed by atoms with van der Waals surface area (Å²) < 4.78 is 2.52. The lowest BCUT2D eigenvalue weighted by molar-refractivity contribution is 0.326. The first-order chi connectivity index (χ1) is 11.2. The zero-order chi connectivity index (χ0) is 15.8. The van der Waals surface area contributed by atoms with E-state index in [1.54, 1.807) is 0 Å². The van der Waals surface area contributed by atoms with Crippen LogP contribution < -0.4 is 0 Å². The lowest BCUT2D eigenvalue weighted by Crippen LogP contribution is -2.23. The van der Waals surface area contributed by atoms with Crippen molar-refractivity contribution >= 4 is 21.8 Å². The Hall–Kier alpha value is -1.80. The molecule has 0 N–H and O–H groups in total. The van der Waals surface area contributed by atoms with Crippen LogP contribution in [0.4, 0.5) is 0 Å². The fourth-order valence-corrected chi connectivity index (χ4v) is 3.92. The van der Waals surface area contributed by atoms with Gasteiger partial charge < -0.3 is 9.47 Å². The Bertz CT molecular complexity index is 822. The molecule has 120 valence electrons. The number of nitrogens with zero attached hydrogens (tertiary/aromatic N) is 2. The molecule has 0 bridgehead atoms. The Kier molecular flexibility index (Phi) is 3.86. The molecule has 2 aromatic carbocycles. The second kappa shape index (κ2) is 6.01. The average molecular weight is 306 g/mol. The monoisotopic (exact) mass is 306 g/mol.